The van der Waals surface area contributed by atoms with Gasteiger partial charge in [0.25, 0.3) is 0 Å². The van der Waals surface area contributed by atoms with Crippen molar-refractivity contribution in [2.45, 2.75) is 25.5 Å². The summed E-state index contributed by atoms with van der Waals surface area (Å²) < 4.78 is 77.9. The number of alkyl halides is 2. The van der Waals surface area contributed by atoms with Crippen LogP contribution in [0.2, 0.25) is 0 Å². The molecular formula is C23H15F5N2O3. The molecule has 4 aromatic rings. The predicted octanol–water partition coefficient (Wildman–Crippen LogP) is 5.52. The first kappa shape index (κ1) is 21.2. The van der Waals surface area contributed by atoms with Crippen molar-refractivity contribution in [3.63, 3.8) is 0 Å². The highest BCUT2D eigenvalue weighted by Crippen LogP contribution is 2.42. The van der Waals surface area contributed by atoms with E-state index in [0.29, 0.717) is 28.0 Å². The third kappa shape index (κ3) is 3.65. The SMILES string of the molecule is O=C1CC(c2ccc(OC(F)F)c3oc4ccncc4c23)CN1Cc1c(F)ccc(F)c1F. The Balaban J connectivity index is 1.54. The molecule has 0 radical (unpaired) electrons. The zero-order valence-corrected chi connectivity index (χ0v) is 16.8. The fourth-order valence-corrected chi connectivity index (χ4v) is 4.29. The zero-order valence-electron chi connectivity index (χ0n) is 16.8. The van der Waals surface area contributed by atoms with Gasteiger partial charge in [0.15, 0.2) is 23.0 Å². The number of fused-ring (bicyclic) bond motifs is 3. The number of pyridine rings is 1. The molecule has 1 aliphatic rings. The Labute approximate surface area is 183 Å². The Morgan fingerprint density at radius 3 is 2.70 bits per heavy atom. The topological polar surface area (TPSA) is 55.6 Å². The third-order valence-corrected chi connectivity index (χ3v) is 5.77. The fraction of sp³-hybridized carbons (Fsp3) is 0.217. The average Bonchev–Trinajstić information content (AvgIpc) is 3.35. The first-order chi connectivity index (χ1) is 15.8. The molecule has 5 rings (SSSR count). The van der Waals surface area contributed by atoms with Crippen molar-refractivity contribution in [1.29, 1.82) is 0 Å². The second-order valence-corrected chi connectivity index (χ2v) is 7.71. The molecule has 0 aliphatic carbocycles. The van der Waals surface area contributed by atoms with Crippen LogP contribution < -0.4 is 4.74 Å². The molecule has 2 aromatic carbocycles. The van der Waals surface area contributed by atoms with E-state index < -0.39 is 42.1 Å². The van der Waals surface area contributed by atoms with Gasteiger partial charge >= 0.3 is 6.61 Å². The first-order valence-electron chi connectivity index (χ1n) is 9.97. The Morgan fingerprint density at radius 1 is 1.12 bits per heavy atom. The number of carbonyl (C=O) groups excluding carboxylic acids is 1. The van der Waals surface area contributed by atoms with Gasteiger partial charge in [0, 0.05) is 47.6 Å². The summed E-state index contributed by atoms with van der Waals surface area (Å²) >= 11 is 0. The molecule has 0 N–H and O–H groups in total. The van der Waals surface area contributed by atoms with Gasteiger partial charge in [-0.1, -0.05) is 6.07 Å². The van der Waals surface area contributed by atoms with Crippen molar-refractivity contribution in [2.75, 3.05) is 6.54 Å². The van der Waals surface area contributed by atoms with Crippen molar-refractivity contribution in [3.8, 4) is 5.75 Å². The minimum Gasteiger partial charge on any atom is -0.452 e. The van der Waals surface area contributed by atoms with Crippen LogP contribution in [-0.4, -0.2) is 28.9 Å². The molecule has 1 unspecified atom stereocenters. The summed E-state index contributed by atoms with van der Waals surface area (Å²) in [6.07, 6.45) is 3.01. The number of rotatable bonds is 5. The van der Waals surface area contributed by atoms with E-state index in [1.807, 2.05) is 0 Å². The fourth-order valence-electron chi connectivity index (χ4n) is 4.29. The van der Waals surface area contributed by atoms with Gasteiger partial charge in [-0.3, -0.25) is 9.78 Å². The number of carbonyl (C=O) groups is 1. The van der Waals surface area contributed by atoms with Crippen LogP contribution in [0, 0.1) is 17.5 Å². The van der Waals surface area contributed by atoms with Crippen LogP contribution in [0.25, 0.3) is 21.9 Å². The molecule has 1 amide bonds. The van der Waals surface area contributed by atoms with Crippen molar-refractivity contribution in [3.05, 3.63) is 71.3 Å². The Morgan fingerprint density at radius 2 is 1.91 bits per heavy atom. The number of ether oxygens (including phenoxy) is 1. The standard InChI is InChI=1S/C23H15F5N2O3/c24-15-2-3-16(25)21(26)14(15)10-30-9-11(7-19(30)31)12-1-4-18(33-23(27)28)22-20(12)13-8-29-6-5-17(13)32-22/h1-6,8,11,23H,7,9-10H2. The van der Waals surface area contributed by atoms with Gasteiger partial charge < -0.3 is 14.1 Å². The van der Waals surface area contributed by atoms with E-state index in [1.54, 1.807) is 12.1 Å². The minimum atomic E-state index is -3.06. The van der Waals surface area contributed by atoms with E-state index in [-0.39, 0.29) is 30.2 Å². The lowest BCUT2D eigenvalue weighted by molar-refractivity contribution is -0.128. The lowest BCUT2D eigenvalue weighted by Gasteiger charge is -2.18. The van der Waals surface area contributed by atoms with Crippen LogP contribution in [0.1, 0.15) is 23.5 Å². The number of likely N-dealkylation sites (tertiary alicyclic amines) is 1. The van der Waals surface area contributed by atoms with E-state index in [4.69, 9.17) is 4.42 Å². The highest BCUT2D eigenvalue weighted by molar-refractivity contribution is 6.08. The van der Waals surface area contributed by atoms with Crippen molar-refractivity contribution >= 4 is 27.8 Å². The van der Waals surface area contributed by atoms with Crippen molar-refractivity contribution in [1.82, 2.24) is 9.88 Å². The van der Waals surface area contributed by atoms with E-state index in [9.17, 15) is 26.7 Å². The predicted molar refractivity (Wildman–Crippen MR) is 107 cm³/mol. The summed E-state index contributed by atoms with van der Waals surface area (Å²) in [6.45, 7) is -3.41. The van der Waals surface area contributed by atoms with E-state index in [1.165, 1.54) is 23.4 Å². The van der Waals surface area contributed by atoms with Gasteiger partial charge in [-0.25, -0.2) is 13.2 Å². The monoisotopic (exact) mass is 462 g/mol. The second-order valence-electron chi connectivity index (χ2n) is 7.71. The Kier molecular flexibility index (Phi) is 5.15. The molecule has 0 saturated carbocycles. The molecular weight excluding hydrogens is 447 g/mol. The number of aromatic nitrogens is 1. The maximum Gasteiger partial charge on any atom is 0.387 e. The molecule has 0 bridgehead atoms. The summed E-state index contributed by atoms with van der Waals surface area (Å²) in [5.74, 6) is -4.47. The molecule has 3 heterocycles. The molecule has 1 aliphatic heterocycles. The Bertz CT molecular complexity index is 1390. The number of hydrogen-bond acceptors (Lipinski definition) is 4. The number of furan rings is 1. The molecule has 1 saturated heterocycles. The van der Waals surface area contributed by atoms with Gasteiger partial charge in [0.05, 0.1) is 6.54 Å². The van der Waals surface area contributed by atoms with Gasteiger partial charge in [-0.05, 0) is 29.8 Å². The number of benzene rings is 2. The van der Waals surface area contributed by atoms with Crippen LogP contribution in [0.3, 0.4) is 0 Å². The number of nitrogens with zero attached hydrogens (tertiary/aromatic N) is 2. The molecule has 5 nitrogen and oxygen atoms in total. The molecule has 33 heavy (non-hydrogen) atoms. The second kappa shape index (κ2) is 8.02. The third-order valence-electron chi connectivity index (χ3n) is 5.77. The van der Waals surface area contributed by atoms with Crippen LogP contribution in [0.4, 0.5) is 22.0 Å². The maximum atomic E-state index is 14.1. The van der Waals surface area contributed by atoms with Crippen molar-refractivity contribution < 1.29 is 35.9 Å². The average molecular weight is 462 g/mol. The smallest absolute Gasteiger partial charge is 0.387 e. The van der Waals surface area contributed by atoms with Crippen LogP contribution >= 0.6 is 0 Å². The normalized spacial score (nSPS) is 16.5. The van der Waals surface area contributed by atoms with Crippen molar-refractivity contribution in [2.24, 2.45) is 0 Å². The number of amides is 1. The van der Waals surface area contributed by atoms with Gasteiger partial charge in [0.2, 0.25) is 5.91 Å². The molecule has 1 atom stereocenters. The van der Waals surface area contributed by atoms with E-state index in [0.717, 1.165) is 6.07 Å². The number of halogens is 5. The highest BCUT2D eigenvalue weighted by atomic mass is 19.3. The van der Waals surface area contributed by atoms with Crippen LogP contribution in [0.15, 0.2) is 47.1 Å². The highest BCUT2D eigenvalue weighted by Gasteiger charge is 2.34. The summed E-state index contributed by atoms with van der Waals surface area (Å²) in [7, 11) is 0. The summed E-state index contributed by atoms with van der Waals surface area (Å²) in [4.78, 5) is 17.9. The van der Waals surface area contributed by atoms with Crippen LogP contribution in [-0.2, 0) is 11.3 Å². The summed E-state index contributed by atoms with van der Waals surface area (Å²) in [5.41, 5.74) is 0.572. The molecule has 2 aromatic heterocycles. The zero-order chi connectivity index (χ0) is 23.3. The van der Waals surface area contributed by atoms with Gasteiger partial charge in [0.1, 0.15) is 11.4 Å². The van der Waals surface area contributed by atoms with Crippen LogP contribution in [0.5, 0.6) is 5.75 Å². The molecule has 1 fully saturated rings. The number of hydrogen-bond donors (Lipinski definition) is 0. The first-order valence-corrected chi connectivity index (χ1v) is 9.97. The van der Waals surface area contributed by atoms with Gasteiger partial charge in [-0.2, -0.15) is 8.78 Å². The largest absolute Gasteiger partial charge is 0.452 e. The maximum absolute atomic E-state index is 14.1. The summed E-state index contributed by atoms with van der Waals surface area (Å²) in [6, 6.07) is 5.96. The lowest BCUT2D eigenvalue weighted by Crippen LogP contribution is -2.25. The minimum absolute atomic E-state index is 0.00956. The quantitative estimate of drug-likeness (QED) is 0.290. The molecule has 0 spiro atoms. The Hall–Kier alpha value is -3.69. The van der Waals surface area contributed by atoms with E-state index >= 15 is 0 Å². The lowest BCUT2D eigenvalue weighted by atomic mass is 9.93. The van der Waals surface area contributed by atoms with Gasteiger partial charge in [-0.15, -0.1) is 0 Å². The molecule has 170 valence electrons. The summed E-state index contributed by atoms with van der Waals surface area (Å²) in [5, 5.41) is 1.02. The van der Waals surface area contributed by atoms with E-state index in [2.05, 4.69) is 9.72 Å². The molecule has 10 heteroatoms.